The van der Waals surface area contributed by atoms with Crippen LogP contribution in [0.2, 0.25) is 0 Å². The van der Waals surface area contributed by atoms with Gasteiger partial charge in [-0.25, -0.2) is 0 Å². The van der Waals surface area contributed by atoms with E-state index >= 15 is 0 Å². The van der Waals surface area contributed by atoms with Crippen LogP contribution in [0.4, 0.5) is 13.2 Å². The van der Waals surface area contributed by atoms with E-state index in [0.29, 0.717) is 5.75 Å². The predicted octanol–water partition coefficient (Wildman–Crippen LogP) is 2.94. The Bertz CT molecular complexity index is 384. The van der Waals surface area contributed by atoms with Crippen LogP contribution in [0.3, 0.4) is 0 Å². The summed E-state index contributed by atoms with van der Waals surface area (Å²) in [5, 5.41) is 0. The first-order valence-corrected chi connectivity index (χ1v) is 4.81. The number of ether oxygens (including phenoxy) is 2. The van der Waals surface area contributed by atoms with Gasteiger partial charge in [0.15, 0.2) is 11.9 Å². The number of rotatable bonds is 4. The predicted molar refractivity (Wildman–Crippen MR) is 53.9 cm³/mol. The molecule has 94 valence electrons. The van der Waals surface area contributed by atoms with E-state index in [4.69, 9.17) is 4.74 Å². The van der Waals surface area contributed by atoms with Gasteiger partial charge in [-0.3, -0.25) is 4.79 Å². The lowest BCUT2D eigenvalue weighted by molar-refractivity contribution is -0.274. The second-order valence-electron chi connectivity index (χ2n) is 3.39. The molecule has 0 fully saturated rings. The van der Waals surface area contributed by atoms with E-state index in [-0.39, 0.29) is 11.5 Å². The van der Waals surface area contributed by atoms with Gasteiger partial charge >= 0.3 is 6.36 Å². The van der Waals surface area contributed by atoms with Gasteiger partial charge in [-0.15, -0.1) is 13.2 Å². The Morgan fingerprint density at radius 3 is 2.06 bits per heavy atom. The molecule has 1 aromatic rings. The molecular weight excluding hydrogens is 237 g/mol. The average Bonchev–Trinajstić information content (AvgIpc) is 2.18. The van der Waals surface area contributed by atoms with Crippen molar-refractivity contribution < 1.29 is 27.4 Å². The molecule has 0 radical (unpaired) electrons. The SMILES string of the molecule is CC(=O)C(C)Oc1ccc(OC(F)(F)F)cc1. The molecule has 0 aliphatic heterocycles. The zero-order chi connectivity index (χ0) is 13.1. The summed E-state index contributed by atoms with van der Waals surface area (Å²) >= 11 is 0. The van der Waals surface area contributed by atoms with Gasteiger partial charge in [0, 0.05) is 0 Å². The highest BCUT2D eigenvalue weighted by atomic mass is 19.4. The maximum atomic E-state index is 11.9. The summed E-state index contributed by atoms with van der Waals surface area (Å²) in [6.07, 6.45) is -5.35. The van der Waals surface area contributed by atoms with Gasteiger partial charge < -0.3 is 9.47 Å². The Hall–Kier alpha value is -1.72. The monoisotopic (exact) mass is 248 g/mol. The number of benzene rings is 1. The molecule has 3 nitrogen and oxygen atoms in total. The second kappa shape index (κ2) is 5.07. The van der Waals surface area contributed by atoms with Crippen molar-refractivity contribution in [1.29, 1.82) is 0 Å². The van der Waals surface area contributed by atoms with E-state index in [2.05, 4.69) is 4.74 Å². The van der Waals surface area contributed by atoms with Crippen molar-refractivity contribution in [1.82, 2.24) is 0 Å². The molecule has 0 saturated carbocycles. The molecule has 0 aliphatic carbocycles. The quantitative estimate of drug-likeness (QED) is 0.821. The fourth-order valence-corrected chi connectivity index (χ4v) is 1.01. The van der Waals surface area contributed by atoms with Gasteiger partial charge in [-0.1, -0.05) is 0 Å². The molecule has 0 heterocycles. The Labute approximate surface area is 96.1 Å². The smallest absolute Gasteiger partial charge is 0.483 e. The van der Waals surface area contributed by atoms with Gasteiger partial charge in [0.2, 0.25) is 0 Å². The molecule has 0 aliphatic rings. The lowest BCUT2D eigenvalue weighted by Crippen LogP contribution is -2.20. The zero-order valence-corrected chi connectivity index (χ0v) is 9.25. The third kappa shape index (κ3) is 4.76. The molecule has 1 aromatic carbocycles. The van der Waals surface area contributed by atoms with E-state index in [1.54, 1.807) is 6.92 Å². The number of hydrogen-bond donors (Lipinski definition) is 0. The molecule has 0 N–H and O–H groups in total. The van der Waals surface area contributed by atoms with Crippen LogP contribution in [0.1, 0.15) is 13.8 Å². The van der Waals surface area contributed by atoms with E-state index in [0.717, 1.165) is 12.1 Å². The van der Waals surface area contributed by atoms with Gasteiger partial charge in [0.05, 0.1) is 0 Å². The van der Waals surface area contributed by atoms with Crippen molar-refractivity contribution in [3.8, 4) is 11.5 Å². The minimum Gasteiger partial charge on any atom is -0.483 e. The van der Waals surface area contributed by atoms with Crippen molar-refractivity contribution in [2.24, 2.45) is 0 Å². The van der Waals surface area contributed by atoms with Gasteiger partial charge in [0.25, 0.3) is 0 Å². The molecule has 0 bridgehead atoms. The first-order valence-electron chi connectivity index (χ1n) is 4.81. The van der Waals surface area contributed by atoms with Crippen LogP contribution >= 0.6 is 0 Å². The Morgan fingerprint density at radius 1 is 1.18 bits per heavy atom. The fraction of sp³-hybridized carbons (Fsp3) is 0.364. The van der Waals surface area contributed by atoms with Crippen LogP contribution in [-0.2, 0) is 4.79 Å². The zero-order valence-electron chi connectivity index (χ0n) is 9.25. The van der Waals surface area contributed by atoms with Crippen LogP contribution in [0.15, 0.2) is 24.3 Å². The number of ketones is 1. The minimum atomic E-state index is -4.71. The highest BCUT2D eigenvalue weighted by Gasteiger charge is 2.30. The summed E-state index contributed by atoms with van der Waals surface area (Å²) in [7, 11) is 0. The molecule has 0 spiro atoms. The van der Waals surface area contributed by atoms with Crippen LogP contribution in [0.5, 0.6) is 11.5 Å². The lowest BCUT2D eigenvalue weighted by atomic mass is 10.3. The van der Waals surface area contributed by atoms with Crippen molar-refractivity contribution in [2.75, 3.05) is 0 Å². The van der Waals surface area contributed by atoms with Crippen LogP contribution in [0, 0.1) is 0 Å². The van der Waals surface area contributed by atoms with Crippen LogP contribution in [-0.4, -0.2) is 18.2 Å². The lowest BCUT2D eigenvalue weighted by Gasteiger charge is -2.12. The standard InChI is InChI=1S/C11H11F3O3/c1-7(15)8(2)16-9-3-5-10(6-4-9)17-11(12,13)14/h3-6,8H,1-2H3. The summed E-state index contributed by atoms with van der Waals surface area (Å²) < 4.78 is 44.4. The number of halogens is 3. The molecule has 6 heteroatoms. The molecule has 0 amide bonds. The Kier molecular flexibility index (Phi) is 3.98. The summed E-state index contributed by atoms with van der Waals surface area (Å²) in [5.74, 6) is -0.192. The molecule has 1 rings (SSSR count). The maximum Gasteiger partial charge on any atom is 0.573 e. The fourth-order valence-electron chi connectivity index (χ4n) is 1.01. The number of alkyl halides is 3. The van der Waals surface area contributed by atoms with Crippen molar-refractivity contribution >= 4 is 5.78 Å². The summed E-state index contributed by atoms with van der Waals surface area (Å²) in [4.78, 5) is 10.9. The van der Waals surface area contributed by atoms with Crippen molar-refractivity contribution in [2.45, 2.75) is 26.3 Å². The Morgan fingerprint density at radius 2 is 1.65 bits per heavy atom. The molecular formula is C11H11F3O3. The van der Waals surface area contributed by atoms with E-state index in [1.165, 1.54) is 19.1 Å². The molecule has 17 heavy (non-hydrogen) atoms. The minimum absolute atomic E-state index is 0.166. The van der Waals surface area contributed by atoms with E-state index in [9.17, 15) is 18.0 Å². The van der Waals surface area contributed by atoms with Crippen LogP contribution < -0.4 is 9.47 Å². The number of hydrogen-bond acceptors (Lipinski definition) is 3. The largest absolute Gasteiger partial charge is 0.573 e. The normalized spacial score (nSPS) is 13.0. The maximum absolute atomic E-state index is 11.9. The molecule has 0 saturated heterocycles. The number of Topliss-reactive ketones (excluding diaryl/α,β-unsaturated/α-hetero) is 1. The highest BCUT2D eigenvalue weighted by Crippen LogP contribution is 2.25. The van der Waals surface area contributed by atoms with Crippen molar-refractivity contribution in [3.63, 3.8) is 0 Å². The van der Waals surface area contributed by atoms with Gasteiger partial charge in [-0.2, -0.15) is 0 Å². The van der Waals surface area contributed by atoms with Gasteiger partial charge in [-0.05, 0) is 38.1 Å². The number of carbonyl (C=O) groups is 1. The van der Waals surface area contributed by atoms with E-state index in [1.807, 2.05) is 0 Å². The third-order valence-corrected chi connectivity index (χ3v) is 1.94. The summed E-state index contributed by atoms with van der Waals surface area (Å²) in [6, 6.07) is 4.85. The average molecular weight is 248 g/mol. The Balaban J connectivity index is 2.65. The molecule has 0 aromatic heterocycles. The van der Waals surface area contributed by atoms with Crippen molar-refractivity contribution in [3.05, 3.63) is 24.3 Å². The third-order valence-electron chi connectivity index (χ3n) is 1.94. The summed E-state index contributed by atoms with van der Waals surface area (Å²) in [5.41, 5.74) is 0. The van der Waals surface area contributed by atoms with E-state index < -0.39 is 12.5 Å². The first kappa shape index (κ1) is 13.3. The molecule has 1 unspecified atom stereocenters. The first-order chi connectivity index (χ1) is 7.78. The van der Waals surface area contributed by atoms with Crippen LogP contribution in [0.25, 0.3) is 0 Å². The number of carbonyl (C=O) groups excluding carboxylic acids is 1. The molecule has 1 atom stereocenters. The second-order valence-corrected chi connectivity index (χ2v) is 3.39. The summed E-state index contributed by atoms with van der Waals surface area (Å²) in [6.45, 7) is 2.92. The topological polar surface area (TPSA) is 35.5 Å². The highest BCUT2D eigenvalue weighted by molar-refractivity contribution is 5.80. The van der Waals surface area contributed by atoms with Gasteiger partial charge in [0.1, 0.15) is 11.5 Å².